The van der Waals surface area contributed by atoms with Crippen LogP contribution in [0.1, 0.15) is 44.9 Å². The van der Waals surface area contributed by atoms with Crippen LogP contribution < -0.4 is 5.73 Å². The molecule has 0 bridgehead atoms. The van der Waals surface area contributed by atoms with Gasteiger partial charge in [-0.15, -0.1) is 0 Å². The van der Waals surface area contributed by atoms with Crippen molar-refractivity contribution in [3.63, 3.8) is 0 Å². The average molecular weight is 196 g/mol. The summed E-state index contributed by atoms with van der Waals surface area (Å²) in [6.45, 7) is 3.48. The van der Waals surface area contributed by atoms with Crippen LogP contribution in [0.4, 0.5) is 0 Å². The molecule has 0 aromatic heterocycles. The second-order valence-electron chi connectivity index (χ2n) is 5.03. The molecular formula is C12H24N2. The lowest BCUT2D eigenvalue weighted by molar-refractivity contribution is 0.214. The molecule has 1 unspecified atom stereocenters. The Morgan fingerprint density at radius 3 is 2.29 bits per heavy atom. The second kappa shape index (κ2) is 5.13. The number of hydrogen-bond acceptors (Lipinski definition) is 2. The molecular weight excluding hydrogens is 172 g/mol. The van der Waals surface area contributed by atoms with Gasteiger partial charge in [0, 0.05) is 12.6 Å². The van der Waals surface area contributed by atoms with Crippen LogP contribution >= 0.6 is 0 Å². The summed E-state index contributed by atoms with van der Waals surface area (Å²) in [5.74, 6) is 0.790. The number of nitrogens with zero attached hydrogens (tertiary/aromatic N) is 1. The van der Waals surface area contributed by atoms with Gasteiger partial charge in [-0.05, 0) is 38.3 Å². The van der Waals surface area contributed by atoms with Gasteiger partial charge in [-0.2, -0.15) is 0 Å². The van der Waals surface area contributed by atoms with E-state index < -0.39 is 0 Å². The van der Waals surface area contributed by atoms with Gasteiger partial charge in [0.15, 0.2) is 0 Å². The highest BCUT2D eigenvalue weighted by molar-refractivity contribution is 4.82. The van der Waals surface area contributed by atoms with Crippen molar-refractivity contribution >= 4 is 0 Å². The van der Waals surface area contributed by atoms with Gasteiger partial charge in [0.25, 0.3) is 0 Å². The zero-order valence-electron chi connectivity index (χ0n) is 9.25. The summed E-state index contributed by atoms with van der Waals surface area (Å²) in [7, 11) is 0. The van der Waals surface area contributed by atoms with E-state index in [4.69, 9.17) is 5.73 Å². The van der Waals surface area contributed by atoms with Gasteiger partial charge in [-0.1, -0.05) is 25.7 Å². The summed E-state index contributed by atoms with van der Waals surface area (Å²) in [4.78, 5) is 2.71. The molecule has 14 heavy (non-hydrogen) atoms. The van der Waals surface area contributed by atoms with Gasteiger partial charge in [0.2, 0.25) is 0 Å². The molecule has 0 aromatic carbocycles. The van der Waals surface area contributed by atoms with E-state index in [0.29, 0.717) is 0 Å². The number of likely N-dealkylation sites (tertiary alicyclic amines) is 1. The summed E-state index contributed by atoms with van der Waals surface area (Å²) in [5, 5.41) is 0. The summed E-state index contributed by atoms with van der Waals surface area (Å²) in [6.07, 6.45) is 10.1. The van der Waals surface area contributed by atoms with E-state index in [-0.39, 0.29) is 0 Å². The molecule has 0 spiro atoms. The number of nitrogens with two attached hydrogens (primary N) is 1. The molecule has 2 aliphatic rings. The van der Waals surface area contributed by atoms with Crippen molar-refractivity contribution < 1.29 is 0 Å². The molecule has 0 aromatic rings. The molecule has 2 N–H and O–H groups in total. The average Bonchev–Trinajstić information content (AvgIpc) is 2.53. The van der Waals surface area contributed by atoms with Crippen LogP contribution in [0.25, 0.3) is 0 Å². The molecule has 1 aliphatic heterocycles. The van der Waals surface area contributed by atoms with E-state index in [0.717, 1.165) is 18.5 Å². The Hall–Kier alpha value is -0.0800. The zero-order valence-corrected chi connectivity index (χ0v) is 9.25. The van der Waals surface area contributed by atoms with E-state index in [1.165, 1.54) is 58.0 Å². The molecule has 1 heterocycles. The first kappa shape index (κ1) is 10.4. The minimum Gasteiger partial charge on any atom is -0.330 e. The SMILES string of the molecule is NCC1CCN(C2CCCCCC2)C1. The first-order chi connectivity index (χ1) is 6.90. The maximum absolute atomic E-state index is 5.73. The van der Waals surface area contributed by atoms with Crippen molar-refractivity contribution in [3.8, 4) is 0 Å². The molecule has 1 saturated heterocycles. The molecule has 1 atom stereocenters. The van der Waals surface area contributed by atoms with E-state index in [9.17, 15) is 0 Å². The van der Waals surface area contributed by atoms with Gasteiger partial charge >= 0.3 is 0 Å². The molecule has 82 valence electrons. The second-order valence-corrected chi connectivity index (χ2v) is 5.03. The minimum atomic E-state index is 0.790. The molecule has 1 saturated carbocycles. The lowest BCUT2D eigenvalue weighted by Gasteiger charge is -2.26. The van der Waals surface area contributed by atoms with Crippen molar-refractivity contribution in [3.05, 3.63) is 0 Å². The van der Waals surface area contributed by atoms with Gasteiger partial charge < -0.3 is 10.6 Å². The zero-order chi connectivity index (χ0) is 9.80. The fourth-order valence-corrected chi connectivity index (χ4v) is 3.01. The van der Waals surface area contributed by atoms with Crippen LogP contribution in [0.3, 0.4) is 0 Å². The highest BCUT2D eigenvalue weighted by atomic mass is 15.2. The Balaban J connectivity index is 1.82. The first-order valence-corrected chi connectivity index (χ1v) is 6.34. The third-order valence-corrected chi connectivity index (χ3v) is 3.99. The molecule has 2 fully saturated rings. The summed E-state index contributed by atoms with van der Waals surface area (Å²) < 4.78 is 0. The first-order valence-electron chi connectivity index (χ1n) is 6.34. The van der Waals surface area contributed by atoms with Crippen LogP contribution in [-0.2, 0) is 0 Å². The largest absolute Gasteiger partial charge is 0.330 e. The summed E-state index contributed by atoms with van der Waals surface area (Å²) in [5.41, 5.74) is 5.73. The van der Waals surface area contributed by atoms with Crippen molar-refractivity contribution in [1.82, 2.24) is 4.90 Å². The fraction of sp³-hybridized carbons (Fsp3) is 1.00. The molecule has 2 rings (SSSR count). The van der Waals surface area contributed by atoms with Crippen molar-refractivity contribution in [1.29, 1.82) is 0 Å². The van der Waals surface area contributed by atoms with Crippen LogP contribution in [0.2, 0.25) is 0 Å². The maximum Gasteiger partial charge on any atom is 0.00953 e. The summed E-state index contributed by atoms with van der Waals surface area (Å²) in [6, 6.07) is 0.897. The molecule has 1 aliphatic carbocycles. The van der Waals surface area contributed by atoms with Gasteiger partial charge in [-0.25, -0.2) is 0 Å². The quantitative estimate of drug-likeness (QED) is 0.684. The Bertz CT molecular complexity index is 162. The van der Waals surface area contributed by atoms with E-state index in [2.05, 4.69) is 4.90 Å². The molecule has 0 radical (unpaired) electrons. The minimum absolute atomic E-state index is 0.790. The predicted molar refractivity (Wildman–Crippen MR) is 60.2 cm³/mol. The van der Waals surface area contributed by atoms with E-state index in [1.807, 2.05) is 0 Å². The van der Waals surface area contributed by atoms with Crippen molar-refractivity contribution in [2.75, 3.05) is 19.6 Å². The Kier molecular flexibility index (Phi) is 3.82. The third kappa shape index (κ3) is 2.48. The normalized spacial score (nSPS) is 31.9. The number of rotatable bonds is 2. The van der Waals surface area contributed by atoms with E-state index >= 15 is 0 Å². The van der Waals surface area contributed by atoms with Crippen LogP contribution in [0.5, 0.6) is 0 Å². The Morgan fingerprint density at radius 2 is 1.71 bits per heavy atom. The smallest absolute Gasteiger partial charge is 0.00953 e. The topological polar surface area (TPSA) is 29.3 Å². The lowest BCUT2D eigenvalue weighted by Crippen LogP contribution is -2.33. The summed E-state index contributed by atoms with van der Waals surface area (Å²) >= 11 is 0. The highest BCUT2D eigenvalue weighted by Crippen LogP contribution is 2.26. The predicted octanol–water partition coefficient (Wildman–Crippen LogP) is 1.99. The van der Waals surface area contributed by atoms with Crippen LogP contribution in [0, 0.1) is 5.92 Å². The molecule has 2 heteroatoms. The Labute approximate surface area is 87.8 Å². The standard InChI is InChI=1S/C12H24N2/c13-9-11-7-8-14(10-11)12-5-3-1-2-4-6-12/h11-12H,1-10,13H2. The van der Waals surface area contributed by atoms with Gasteiger partial charge in [0.1, 0.15) is 0 Å². The number of hydrogen-bond donors (Lipinski definition) is 1. The van der Waals surface area contributed by atoms with Crippen molar-refractivity contribution in [2.24, 2.45) is 11.7 Å². The highest BCUT2D eigenvalue weighted by Gasteiger charge is 2.27. The third-order valence-electron chi connectivity index (χ3n) is 3.99. The van der Waals surface area contributed by atoms with Crippen LogP contribution in [0.15, 0.2) is 0 Å². The van der Waals surface area contributed by atoms with E-state index in [1.54, 1.807) is 0 Å². The van der Waals surface area contributed by atoms with Crippen LogP contribution in [-0.4, -0.2) is 30.6 Å². The van der Waals surface area contributed by atoms with Gasteiger partial charge in [0.05, 0.1) is 0 Å². The Morgan fingerprint density at radius 1 is 1.00 bits per heavy atom. The van der Waals surface area contributed by atoms with Crippen molar-refractivity contribution in [2.45, 2.75) is 51.0 Å². The maximum atomic E-state index is 5.73. The van der Waals surface area contributed by atoms with Gasteiger partial charge in [-0.3, -0.25) is 0 Å². The molecule has 2 nitrogen and oxygen atoms in total. The monoisotopic (exact) mass is 196 g/mol. The lowest BCUT2D eigenvalue weighted by atomic mass is 10.1. The fourth-order valence-electron chi connectivity index (χ4n) is 3.01. The molecule has 0 amide bonds.